The fourth-order valence-electron chi connectivity index (χ4n) is 1.87. The molecule has 5 nitrogen and oxygen atoms in total. The van der Waals surface area contributed by atoms with Crippen molar-refractivity contribution < 1.29 is 9.53 Å². The number of pyridine rings is 1. The molecule has 0 atom stereocenters. The lowest BCUT2D eigenvalue weighted by Crippen LogP contribution is -2.33. The Bertz CT molecular complexity index is 577. The Balaban J connectivity index is 2.25. The molecule has 0 saturated heterocycles. The first-order chi connectivity index (χ1) is 7.81. The topological polar surface area (TPSA) is 54.5 Å². The van der Waals surface area contributed by atoms with Gasteiger partial charge in [-0.05, 0) is 17.5 Å². The standard InChI is InChI=1S/C11H9N3O2/c1-16-11(15)14-10-9-7(5-6-12-10)3-2-4-8(9)13-14/h2-6,13H,1H3. The molecule has 3 rings (SSSR count). The van der Waals surface area contributed by atoms with Crippen LogP contribution in [0, 0.1) is 0 Å². The maximum Gasteiger partial charge on any atom is 0.434 e. The first-order valence-corrected chi connectivity index (χ1v) is 4.84. The molecule has 0 unspecified atom stereocenters. The Morgan fingerprint density at radius 1 is 1.44 bits per heavy atom. The fraction of sp³-hybridized carbons (Fsp3) is 0.0909. The van der Waals surface area contributed by atoms with E-state index in [0.717, 1.165) is 16.5 Å². The summed E-state index contributed by atoms with van der Waals surface area (Å²) in [4.78, 5) is 15.7. The van der Waals surface area contributed by atoms with Crippen LogP contribution in [0.25, 0.3) is 10.8 Å². The van der Waals surface area contributed by atoms with Crippen LogP contribution >= 0.6 is 0 Å². The van der Waals surface area contributed by atoms with Gasteiger partial charge in [0.2, 0.25) is 0 Å². The number of nitrogens with zero attached hydrogens (tertiary/aromatic N) is 2. The second-order valence-corrected chi connectivity index (χ2v) is 3.46. The molecular formula is C11H9N3O2. The molecule has 2 aromatic rings. The van der Waals surface area contributed by atoms with Crippen molar-refractivity contribution in [3.63, 3.8) is 0 Å². The highest BCUT2D eigenvalue weighted by molar-refractivity contribution is 6.11. The highest BCUT2D eigenvalue weighted by atomic mass is 16.5. The third-order valence-electron chi connectivity index (χ3n) is 2.57. The minimum absolute atomic E-state index is 0.476. The number of nitrogens with one attached hydrogen (secondary N) is 1. The normalized spacial score (nSPS) is 12.7. The maximum atomic E-state index is 11.5. The number of anilines is 2. The van der Waals surface area contributed by atoms with E-state index in [1.54, 1.807) is 6.20 Å². The van der Waals surface area contributed by atoms with Crippen LogP contribution in [0.3, 0.4) is 0 Å². The summed E-state index contributed by atoms with van der Waals surface area (Å²) < 4.78 is 4.68. The van der Waals surface area contributed by atoms with Gasteiger partial charge in [0.1, 0.15) is 0 Å². The van der Waals surface area contributed by atoms with Crippen LogP contribution in [0.2, 0.25) is 0 Å². The summed E-state index contributed by atoms with van der Waals surface area (Å²) in [5.74, 6) is 0.583. The first-order valence-electron chi connectivity index (χ1n) is 4.84. The summed E-state index contributed by atoms with van der Waals surface area (Å²) in [5, 5.41) is 3.29. The number of benzene rings is 1. The molecule has 0 spiro atoms. The zero-order chi connectivity index (χ0) is 11.1. The number of amides is 1. The second kappa shape index (κ2) is 3.10. The molecule has 2 heterocycles. The largest absolute Gasteiger partial charge is 0.451 e. The van der Waals surface area contributed by atoms with Gasteiger partial charge in [-0.15, -0.1) is 0 Å². The highest BCUT2D eigenvalue weighted by Crippen LogP contribution is 2.36. The number of ether oxygens (including phenoxy) is 1. The van der Waals surface area contributed by atoms with E-state index in [0.29, 0.717) is 5.82 Å². The molecule has 0 fully saturated rings. The molecule has 1 aromatic carbocycles. The monoisotopic (exact) mass is 215 g/mol. The zero-order valence-corrected chi connectivity index (χ0v) is 8.60. The lowest BCUT2D eigenvalue weighted by atomic mass is 10.1. The van der Waals surface area contributed by atoms with E-state index in [2.05, 4.69) is 15.1 Å². The van der Waals surface area contributed by atoms with Crippen LogP contribution < -0.4 is 10.4 Å². The van der Waals surface area contributed by atoms with E-state index in [9.17, 15) is 4.79 Å². The van der Waals surface area contributed by atoms with Gasteiger partial charge >= 0.3 is 6.09 Å². The van der Waals surface area contributed by atoms with E-state index in [-0.39, 0.29) is 0 Å². The van der Waals surface area contributed by atoms with Gasteiger partial charge in [-0.1, -0.05) is 12.1 Å². The molecule has 1 aliphatic heterocycles. The van der Waals surface area contributed by atoms with Gasteiger partial charge in [0, 0.05) is 6.20 Å². The van der Waals surface area contributed by atoms with E-state index in [1.165, 1.54) is 12.1 Å². The predicted octanol–water partition coefficient (Wildman–Crippen LogP) is 2.15. The average molecular weight is 215 g/mol. The molecule has 1 aromatic heterocycles. The van der Waals surface area contributed by atoms with Gasteiger partial charge < -0.3 is 4.74 Å². The van der Waals surface area contributed by atoms with Crippen LogP contribution in [0.15, 0.2) is 30.5 Å². The Hall–Kier alpha value is -2.30. The van der Waals surface area contributed by atoms with Crippen LogP contribution in [-0.2, 0) is 4.74 Å². The Kier molecular flexibility index (Phi) is 1.73. The van der Waals surface area contributed by atoms with Crippen LogP contribution in [0.4, 0.5) is 16.3 Å². The predicted molar refractivity (Wildman–Crippen MR) is 60.2 cm³/mol. The molecule has 5 heteroatoms. The quantitative estimate of drug-likeness (QED) is 0.731. The average Bonchev–Trinajstić information content (AvgIpc) is 2.70. The van der Waals surface area contributed by atoms with Gasteiger partial charge in [-0.25, -0.2) is 9.78 Å². The molecule has 16 heavy (non-hydrogen) atoms. The minimum atomic E-state index is -0.476. The Morgan fingerprint density at radius 3 is 3.12 bits per heavy atom. The fourth-order valence-corrected chi connectivity index (χ4v) is 1.87. The summed E-state index contributed by atoms with van der Waals surface area (Å²) in [6, 6.07) is 7.71. The summed E-state index contributed by atoms with van der Waals surface area (Å²) in [5.41, 5.74) is 3.82. The van der Waals surface area contributed by atoms with Crippen molar-refractivity contribution in [2.24, 2.45) is 0 Å². The van der Waals surface area contributed by atoms with E-state index >= 15 is 0 Å². The van der Waals surface area contributed by atoms with Crippen molar-refractivity contribution in [2.45, 2.75) is 0 Å². The van der Waals surface area contributed by atoms with Crippen molar-refractivity contribution in [1.29, 1.82) is 0 Å². The van der Waals surface area contributed by atoms with Gasteiger partial charge in [0.05, 0.1) is 18.2 Å². The van der Waals surface area contributed by atoms with Gasteiger partial charge in [0.15, 0.2) is 5.82 Å². The maximum absolute atomic E-state index is 11.5. The second-order valence-electron chi connectivity index (χ2n) is 3.46. The van der Waals surface area contributed by atoms with Crippen LogP contribution in [0.1, 0.15) is 0 Å². The third-order valence-corrected chi connectivity index (χ3v) is 2.57. The number of methoxy groups -OCH3 is 1. The summed E-state index contributed by atoms with van der Waals surface area (Å²) >= 11 is 0. The van der Waals surface area contributed by atoms with Crippen molar-refractivity contribution in [2.75, 3.05) is 17.5 Å². The number of carbonyl (C=O) groups excluding carboxylic acids is 1. The highest BCUT2D eigenvalue weighted by Gasteiger charge is 2.27. The molecule has 1 aliphatic rings. The lowest BCUT2D eigenvalue weighted by Gasteiger charge is -2.14. The summed E-state index contributed by atoms with van der Waals surface area (Å²) in [6.45, 7) is 0. The first kappa shape index (κ1) is 8.96. The molecular weight excluding hydrogens is 206 g/mol. The zero-order valence-electron chi connectivity index (χ0n) is 8.60. The number of hydrogen-bond acceptors (Lipinski definition) is 4. The van der Waals surface area contributed by atoms with E-state index in [1.807, 2.05) is 24.3 Å². The van der Waals surface area contributed by atoms with Crippen LogP contribution in [0.5, 0.6) is 0 Å². The van der Waals surface area contributed by atoms with E-state index < -0.39 is 6.09 Å². The Labute approximate surface area is 91.6 Å². The molecule has 0 bridgehead atoms. The number of aromatic nitrogens is 1. The molecule has 0 saturated carbocycles. The van der Waals surface area contributed by atoms with Crippen molar-refractivity contribution in [1.82, 2.24) is 4.98 Å². The number of carbonyl (C=O) groups is 1. The van der Waals surface area contributed by atoms with Crippen molar-refractivity contribution in [3.8, 4) is 0 Å². The molecule has 0 radical (unpaired) electrons. The third kappa shape index (κ3) is 1.05. The molecule has 0 aliphatic carbocycles. The number of rotatable bonds is 0. The lowest BCUT2D eigenvalue weighted by molar-refractivity contribution is 0.180. The number of hydrazine groups is 1. The SMILES string of the molecule is COC(=O)N1Nc2cccc3ccnc1c23. The van der Waals surface area contributed by atoms with Crippen molar-refractivity contribution in [3.05, 3.63) is 30.5 Å². The summed E-state index contributed by atoms with van der Waals surface area (Å²) in [6.07, 6.45) is 1.20. The molecule has 1 N–H and O–H groups in total. The van der Waals surface area contributed by atoms with Gasteiger partial charge in [-0.3, -0.25) is 5.43 Å². The van der Waals surface area contributed by atoms with Gasteiger partial charge in [0.25, 0.3) is 0 Å². The van der Waals surface area contributed by atoms with Gasteiger partial charge in [-0.2, -0.15) is 5.01 Å². The van der Waals surface area contributed by atoms with Crippen molar-refractivity contribution >= 4 is 28.4 Å². The van der Waals surface area contributed by atoms with Crippen LogP contribution in [-0.4, -0.2) is 18.2 Å². The Morgan fingerprint density at radius 2 is 2.31 bits per heavy atom. The smallest absolute Gasteiger partial charge is 0.434 e. The van der Waals surface area contributed by atoms with E-state index in [4.69, 9.17) is 0 Å². The molecule has 1 amide bonds. The number of hydrogen-bond donors (Lipinski definition) is 1. The minimum Gasteiger partial charge on any atom is -0.451 e. The molecule has 80 valence electrons. The summed E-state index contributed by atoms with van der Waals surface area (Å²) in [7, 11) is 1.34.